The molecule has 4 fully saturated rings. The second-order valence-electron chi connectivity index (χ2n) is 9.17. The van der Waals surface area contributed by atoms with Crippen molar-refractivity contribution in [1.82, 2.24) is 0 Å². The maximum atomic E-state index is 10.0. The highest BCUT2D eigenvalue weighted by molar-refractivity contribution is 5.07. The lowest BCUT2D eigenvalue weighted by Crippen LogP contribution is -2.53. The van der Waals surface area contributed by atoms with Gasteiger partial charge < -0.3 is 5.11 Å². The van der Waals surface area contributed by atoms with E-state index in [9.17, 15) is 5.11 Å². The molecule has 7 atom stereocenters. The number of aliphatic hydroxyl groups is 1. The van der Waals surface area contributed by atoms with Gasteiger partial charge in [0, 0.05) is 0 Å². The fourth-order valence-corrected chi connectivity index (χ4v) is 7.23. The van der Waals surface area contributed by atoms with Crippen molar-refractivity contribution in [2.24, 2.45) is 34.5 Å². The van der Waals surface area contributed by atoms with E-state index in [0.29, 0.717) is 10.8 Å². The number of fused-ring (bicyclic) bond motifs is 5. The fraction of sp³-hybridized carbons (Fsp3) is 1.00. The van der Waals surface area contributed by atoms with Crippen molar-refractivity contribution in [1.29, 1.82) is 0 Å². The van der Waals surface area contributed by atoms with Gasteiger partial charge in [-0.1, -0.05) is 20.3 Å². The predicted octanol–water partition coefficient (Wildman–Crippen LogP) is 4.78. The van der Waals surface area contributed by atoms with Crippen LogP contribution in [0.5, 0.6) is 0 Å². The Bertz CT molecular complexity index is 391. The Morgan fingerprint density at radius 2 is 1.70 bits per heavy atom. The summed E-state index contributed by atoms with van der Waals surface area (Å²) in [6, 6.07) is 0. The minimum Gasteiger partial charge on any atom is -0.393 e. The summed E-state index contributed by atoms with van der Waals surface area (Å²) >= 11 is 0. The molecule has 0 radical (unpaired) electrons. The van der Waals surface area contributed by atoms with Crippen LogP contribution in [0.1, 0.15) is 78.1 Å². The van der Waals surface area contributed by atoms with Crippen LogP contribution in [0.15, 0.2) is 0 Å². The van der Waals surface area contributed by atoms with Gasteiger partial charge in [-0.05, 0) is 92.3 Å². The molecular weight excluding hydrogens is 244 g/mol. The molecule has 0 aromatic heterocycles. The highest BCUT2D eigenvalue weighted by atomic mass is 16.3. The molecule has 0 amide bonds. The summed E-state index contributed by atoms with van der Waals surface area (Å²) in [5.41, 5.74) is 1.25. The molecule has 1 nitrogen and oxygen atoms in total. The quantitative estimate of drug-likeness (QED) is 0.675. The Balaban J connectivity index is 1.62. The van der Waals surface area contributed by atoms with Gasteiger partial charge in [-0.25, -0.2) is 0 Å². The van der Waals surface area contributed by atoms with Gasteiger partial charge in [-0.15, -0.1) is 0 Å². The lowest BCUT2D eigenvalue weighted by atomic mass is 9.45. The van der Waals surface area contributed by atoms with Gasteiger partial charge in [0.2, 0.25) is 0 Å². The smallest absolute Gasteiger partial charge is 0.0543 e. The molecule has 20 heavy (non-hydrogen) atoms. The molecule has 0 saturated heterocycles. The van der Waals surface area contributed by atoms with Crippen molar-refractivity contribution < 1.29 is 5.11 Å². The van der Waals surface area contributed by atoms with E-state index in [2.05, 4.69) is 13.8 Å². The van der Waals surface area contributed by atoms with E-state index >= 15 is 0 Å². The molecule has 0 heterocycles. The molecule has 0 spiro atoms. The van der Waals surface area contributed by atoms with E-state index in [0.717, 1.165) is 36.5 Å². The largest absolute Gasteiger partial charge is 0.393 e. The molecule has 0 bridgehead atoms. The number of aliphatic hydroxyl groups excluding tert-OH is 1. The number of hydrogen-bond acceptors (Lipinski definition) is 1. The normalized spacial score (nSPS) is 58.6. The zero-order valence-electron chi connectivity index (χ0n) is 13.4. The van der Waals surface area contributed by atoms with Gasteiger partial charge >= 0.3 is 0 Å². The predicted molar refractivity (Wildman–Crippen MR) is 82.4 cm³/mol. The molecule has 0 aromatic carbocycles. The van der Waals surface area contributed by atoms with Crippen LogP contribution >= 0.6 is 0 Å². The van der Waals surface area contributed by atoms with E-state index < -0.39 is 0 Å². The maximum Gasteiger partial charge on any atom is 0.0543 e. The Labute approximate surface area is 124 Å². The van der Waals surface area contributed by atoms with Gasteiger partial charge in [-0.2, -0.15) is 0 Å². The van der Waals surface area contributed by atoms with Gasteiger partial charge in [-0.3, -0.25) is 0 Å². The zero-order chi connectivity index (χ0) is 14.0. The molecule has 4 aliphatic carbocycles. The molecule has 0 aromatic rings. The molecule has 4 rings (SSSR count). The summed E-state index contributed by atoms with van der Waals surface area (Å²) in [5.74, 6) is 3.85. The Morgan fingerprint density at radius 1 is 0.850 bits per heavy atom. The third-order valence-corrected chi connectivity index (χ3v) is 8.42. The lowest BCUT2D eigenvalue weighted by Gasteiger charge is -2.60. The Hall–Kier alpha value is -0.0400. The van der Waals surface area contributed by atoms with Crippen LogP contribution in [-0.4, -0.2) is 11.2 Å². The first-order valence-electron chi connectivity index (χ1n) is 9.21. The van der Waals surface area contributed by atoms with Crippen molar-refractivity contribution in [3.63, 3.8) is 0 Å². The topological polar surface area (TPSA) is 20.2 Å². The van der Waals surface area contributed by atoms with Crippen LogP contribution in [0.25, 0.3) is 0 Å². The average Bonchev–Trinajstić information content (AvgIpc) is 2.81. The van der Waals surface area contributed by atoms with Crippen molar-refractivity contribution >= 4 is 0 Å². The molecule has 0 unspecified atom stereocenters. The van der Waals surface area contributed by atoms with Crippen molar-refractivity contribution in [3.05, 3.63) is 0 Å². The summed E-state index contributed by atoms with van der Waals surface area (Å²) in [7, 11) is 0. The van der Waals surface area contributed by atoms with Crippen LogP contribution < -0.4 is 0 Å². The summed E-state index contributed by atoms with van der Waals surface area (Å²) in [6.07, 6.45) is 13.8. The minimum absolute atomic E-state index is 0.00459. The highest BCUT2D eigenvalue weighted by Crippen LogP contribution is 2.66. The molecule has 114 valence electrons. The van der Waals surface area contributed by atoms with E-state index in [1.165, 1.54) is 51.4 Å². The van der Waals surface area contributed by atoms with Crippen LogP contribution in [0.3, 0.4) is 0 Å². The standard InChI is InChI=1S/C19H32O/c1-18-9-3-4-16(18)15-6-5-13-12-14(20)7-11-19(13,2)17(15)8-10-18/h13-17,20H,3-12H2,1-2H3/t13-,14-,15+,16-,17-,18-,19+/m1/s1. The summed E-state index contributed by atoms with van der Waals surface area (Å²) in [4.78, 5) is 0. The molecule has 1 N–H and O–H groups in total. The van der Waals surface area contributed by atoms with Crippen LogP contribution in [0, 0.1) is 34.5 Å². The van der Waals surface area contributed by atoms with E-state index in [1.54, 1.807) is 0 Å². The van der Waals surface area contributed by atoms with Crippen LogP contribution in [0.2, 0.25) is 0 Å². The number of hydrogen-bond donors (Lipinski definition) is 1. The van der Waals surface area contributed by atoms with E-state index in [-0.39, 0.29) is 6.10 Å². The van der Waals surface area contributed by atoms with Crippen molar-refractivity contribution in [3.8, 4) is 0 Å². The molecule has 0 aliphatic heterocycles. The second-order valence-corrected chi connectivity index (χ2v) is 9.17. The van der Waals surface area contributed by atoms with E-state index in [4.69, 9.17) is 0 Å². The van der Waals surface area contributed by atoms with Crippen molar-refractivity contribution in [2.75, 3.05) is 0 Å². The third kappa shape index (κ3) is 1.77. The van der Waals surface area contributed by atoms with Gasteiger partial charge in [0.05, 0.1) is 6.10 Å². The molecular formula is C19H32O. The highest BCUT2D eigenvalue weighted by Gasteiger charge is 2.57. The average molecular weight is 276 g/mol. The van der Waals surface area contributed by atoms with Gasteiger partial charge in [0.15, 0.2) is 0 Å². The first kappa shape index (κ1) is 13.6. The summed E-state index contributed by atoms with van der Waals surface area (Å²) in [6.45, 7) is 5.19. The monoisotopic (exact) mass is 276 g/mol. The third-order valence-electron chi connectivity index (χ3n) is 8.42. The lowest BCUT2D eigenvalue weighted by molar-refractivity contribution is -0.120. The Morgan fingerprint density at radius 3 is 2.55 bits per heavy atom. The molecule has 4 saturated carbocycles. The van der Waals surface area contributed by atoms with Crippen LogP contribution in [0.4, 0.5) is 0 Å². The molecule has 1 heteroatoms. The van der Waals surface area contributed by atoms with E-state index in [1.807, 2.05) is 0 Å². The summed E-state index contributed by atoms with van der Waals surface area (Å²) in [5, 5.41) is 10.0. The maximum absolute atomic E-state index is 10.0. The minimum atomic E-state index is 0.00459. The first-order chi connectivity index (χ1) is 9.53. The Kier molecular flexibility index (Phi) is 3.05. The van der Waals surface area contributed by atoms with Gasteiger partial charge in [0.1, 0.15) is 0 Å². The molecule has 4 aliphatic rings. The van der Waals surface area contributed by atoms with Crippen molar-refractivity contribution in [2.45, 2.75) is 84.2 Å². The fourth-order valence-electron chi connectivity index (χ4n) is 7.23. The zero-order valence-corrected chi connectivity index (χ0v) is 13.4. The van der Waals surface area contributed by atoms with Gasteiger partial charge in [0.25, 0.3) is 0 Å². The first-order valence-corrected chi connectivity index (χ1v) is 9.21. The summed E-state index contributed by atoms with van der Waals surface area (Å²) < 4.78 is 0. The second kappa shape index (κ2) is 4.48. The SMILES string of the molecule is C[C@]12CCC[C@@H]1[C@@H]1CC[C@@H]3C[C@H](O)CC[C@]3(C)[C@@H]1CC2. The number of rotatable bonds is 0. The van der Waals surface area contributed by atoms with Crippen LogP contribution in [-0.2, 0) is 0 Å².